The highest BCUT2D eigenvalue weighted by atomic mass is 16.4. The van der Waals surface area contributed by atoms with Gasteiger partial charge in [-0.3, -0.25) is 4.79 Å². The van der Waals surface area contributed by atoms with E-state index in [4.69, 9.17) is 0 Å². The molecule has 2 nitrogen and oxygen atoms in total. The summed E-state index contributed by atoms with van der Waals surface area (Å²) < 4.78 is 0. The Kier molecular flexibility index (Phi) is 4.03. The largest absolute Gasteiger partial charge is 0.481 e. The Labute approximate surface area is 99.4 Å². The van der Waals surface area contributed by atoms with Gasteiger partial charge in [0.2, 0.25) is 0 Å². The third-order valence-electron chi connectivity index (χ3n) is 4.49. The molecule has 0 aliphatic heterocycles. The van der Waals surface area contributed by atoms with Crippen LogP contribution in [-0.2, 0) is 4.79 Å². The summed E-state index contributed by atoms with van der Waals surface area (Å²) >= 11 is 0. The van der Waals surface area contributed by atoms with Gasteiger partial charge in [-0.1, -0.05) is 34.6 Å². The zero-order chi connectivity index (χ0) is 12.5. The van der Waals surface area contributed by atoms with Gasteiger partial charge in [0.1, 0.15) is 0 Å². The second-order valence-electron chi connectivity index (χ2n) is 6.62. The van der Waals surface area contributed by atoms with Crippen molar-refractivity contribution in [3.8, 4) is 0 Å². The highest BCUT2D eigenvalue weighted by molar-refractivity contribution is 5.70. The average molecular weight is 226 g/mol. The molecule has 1 saturated carbocycles. The molecule has 0 saturated heterocycles. The lowest BCUT2D eigenvalue weighted by molar-refractivity contribution is -0.148. The first kappa shape index (κ1) is 13.5. The molecule has 2 heteroatoms. The van der Waals surface area contributed by atoms with Crippen molar-refractivity contribution < 1.29 is 9.90 Å². The van der Waals surface area contributed by atoms with Crippen LogP contribution >= 0.6 is 0 Å². The Bertz CT molecular complexity index is 255. The van der Waals surface area contributed by atoms with Gasteiger partial charge in [0, 0.05) is 0 Å². The van der Waals surface area contributed by atoms with Crippen LogP contribution in [0.3, 0.4) is 0 Å². The van der Waals surface area contributed by atoms with Gasteiger partial charge in [0.05, 0.1) is 5.92 Å². The monoisotopic (exact) mass is 226 g/mol. The summed E-state index contributed by atoms with van der Waals surface area (Å²) in [5, 5.41) is 9.37. The van der Waals surface area contributed by atoms with Crippen molar-refractivity contribution in [1.82, 2.24) is 0 Å². The fourth-order valence-corrected chi connectivity index (χ4v) is 3.00. The number of carbonyl (C=O) groups is 1. The maximum atomic E-state index is 11.4. The molecule has 1 aliphatic rings. The summed E-state index contributed by atoms with van der Waals surface area (Å²) in [5.41, 5.74) is 0.205. The van der Waals surface area contributed by atoms with Crippen molar-refractivity contribution in [3.05, 3.63) is 0 Å². The molecule has 1 fully saturated rings. The molecule has 0 aromatic heterocycles. The molecule has 1 aliphatic carbocycles. The van der Waals surface area contributed by atoms with Crippen LogP contribution in [0.1, 0.15) is 53.9 Å². The lowest BCUT2D eigenvalue weighted by atomic mass is 9.62. The minimum Gasteiger partial charge on any atom is -0.481 e. The van der Waals surface area contributed by atoms with Gasteiger partial charge in [-0.2, -0.15) is 0 Å². The molecule has 1 N–H and O–H groups in total. The van der Waals surface area contributed by atoms with Crippen LogP contribution < -0.4 is 0 Å². The minimum atomic E-state index is -0.592. The van der Waals surface area contributed by atoms with Crippen molar-refractivity contribution in [1.29, 1.82) is 0 Å². The molecule has 3 atom stereocenters. The molecule has 16 heavy (non-hydrogen) atoms. The molecule has 94 valence electrons. The van der Waals surface area contributed by atoms with E-state index in [1.54, 1.807) is 0 Å². The summed E-state index contributed by atoms with van der Waals surface area (Å²) in [6.45, 7) is 11.0. The number of hydrogen-bond acceptors (Lipinski definition) is 1. The first-order valence-corrected chi connectivity index (χ1v) is 6.47. The zero-order valence-electron chi connectivity index (χ0n) is 11.3. The summed E-state index contributed by atoms with van der Waals surface area (Å²) in [7, 11) is 0. The fraction of sp³-hybridized carbons (Fsp3) is 0.929. The summed E-state index contributed by atoms with van der Waals surface area (Å²) in [6.07, 6.45) is 3.08. The molecule has 0 spiro atoms. The van der Waals surface area contributed by atoms with Gasteiger partial charge in [-0.15, -0.1) is 0 Å². The number of rotatable bonds is 3. The van der Waals surface area contributed by atoms with Crippen LogP contribution in [0.5, 0.6) is 0 Å². The topological polar surface area (TPSA) is 37.3 Å². The third kappa shape index (κ3) is 2.99. The fourth-order valence-electron chi connectivity index (χ4n) is 3.00. The number of hydrogen-bond donors (Lipinski definition) is 1. The predicted molar refractivity (Wildman–Crippen MR) is 66.2 cm³/mol. The van der Waals surface area contributed by atoms with Crippen LogP contribution in [-0.4, -0.2) is 11.1 Å². The maximum absolute atomic E-state index is 11.4. The van der Waals surface area contributed by atoms with Crippen molar-refractivity contribution in [3.63, 3.8) is 0 Å². The molecule has 0 heterocycles. The Hall–Kier alpha value is -0.530. The second kappa shape index (κ2) is 4.77. The molecule has 1 rings (SSSR count). The van der Waals surface area contributed by atoms with Crippen LogP contribution in [0.2, 0.25) is 0 Å². The SMILES string of the molecule is CC(C)C(C)C1CCC(C)(C)CC1C(=O)O. The van der Waals surface area contributed by atoms with E-state index in [0.29, 0.717) is 17.8 Å². The van der Waals surface area contributed by atoms with Gasteiger partial charge in [0.15, 0.2) is 0 Å². The quantitative estimate of drug-likeness (QED) is 0.794. The first-order valence-electron chi connectivity index (χ1n) is 6.47. The molecule has 0 bridgehead atoms. The molecular formula is C14H26O2. The van der Waals surface area contributed by atoms with Crippen LogP contribution in [0.15, 0.2) is 0 Å². The molecule has 0 amide bonds. The second-order valence-corrected chi connectivity index (χ2v) is 6.62. The summed E-state index contributed by atoms with van der Waals surface area (Å²) in [4.78, 5) is 11.4. The minimum absolute atomic E-state index is 0.138. The normalized spacial score (nSPS) is 31.4. The van der Waals surface area contributed by atoms with Gasteiger partial charge in [-0.05, 0) is 42.4 Å². The molecule has 0 aromatic carbocycles. The van der Waals surface area contributed by atoms with Gasteiger partial charge in [0.25, 0.3) is 0 Å². The summed E-state index contributed by atoms with van der Waals surface area (Å²) in [6, 6.07) is 0. The maximum Gasteiger partial charge on any atom is 0.306 e. The first-order chi connectivity index (χ1) is 7.24. The Morgan fingerprint density at radius 2 is 1.88 bits per heavy atom. The van der Waals surface area contributed by atoms with E-state index in [0.717, 1.165) is 12.8 Å². The Morgan fingerprint density at radius 3 is 2.31 bits per heavy atom. The number of carboxylic acid groups (broad SMARTS) is 1. The van der Waals surface area contributed by atoms with E-state index in [-0.39, 0.29) is 11.3 Å². The molecule has 0 radical (unpaired) electrons. The summed E-state index contributed by atoms with van der Waals surface area (Å²) in [5.74, 6) is 0.724. The van der Waals surface area contributed by atoms with E-state index in [1.807, 2.05) is 0 Å². The lowest BCUT2D eigenvalue weighted by Crippen LogP contribution is -2.38. The Balaban J connectivity index is 2.81. The van der Waals surface area contributed by atoms with Crippen molar-refractivity contribution in [2.75, 3.05) is 0 Å². The van der Waals surface area contributed by atoms with Crippen LogP contribution in [0.25, 0.3) is 0 Å². The van der Waals surface area contributed by atoms with E-state index < -0.39 is 5.97 Å². The van der Waals surface area contributed by atoms with E-state index in [2.05, 4.69) is 34.6 Å². The number of aliphatic carboxylic acids is 1. The van der Waals surface area contributed by atoms with Crippen LogP contribution in [0.4, 0.5) is 0 Å². The smallest absolute Gasteiger partial charge is 0.306 e. The van der Waals surface area contributed by atoms with Gasteiger partial charge >= 0.3 is 5.97 Å². The lowest BCUT2D eigenvalue weighted by Gasteiger charge is -2.42. The predicted octanol–water partition coefficient (Wildman–Crippen LogP) is 3.81. The average Bonchev–Trinajstić information content (AvgIpc) is 2.15. The van der Waals surface area contributed by atoms with Crippen molar-refractivity contribution in [2.24, 2.45) is 29.1 Å². The van der Waals surface area contributed by atoms with E-state index >= 15 is 0 Å². The van der Waals surface area contributed by atoms with Crippen LogP contribution in [0, 0.1) is 29.1 Å². The van der Waals surface area contributed by atoms with Gasteiger partial charge in [-0.25, -0.2) is 0 Å². The molecule has 3 unspecified atom stereocenters. The third-order valence-corrected chi connectivity index (χ3v) is 4.49. The molecule has 0 aromatic rings. The standard InChI is InChI=1S/C14H26O2/c1-9(2)10(3)11-6-7-14(4,5)8-12(11)13(15)16/h9-12H,6-8H2,1-5H3,(H,15,16). The Morgan fingerprint density at radius 1 is 1.31 bits per heavy atom. The van der Waals surface area contributed by atoms with E-state index in [1.165, 1.54) is 6.42 Å². The van der Waals surface area contributed by atoms with Crippen molar-refractivity contribution in [2.45, 2.75) is 53.9 Å². The van der Waals surface area contributed by atoms with E-state index in [9.17, 15) is 9.90 Å². The zero-order valence-corrected chi connectivity index (χ0v) is 11.3. The highest BCUT2D eigenvalue weighted by Gasteiger charge is 2.41. The number of carboxylic acids is 1. The highest BCUT2D eigenvalue weighted by Crippen LogP contribution is 2.46. The van der Waals surface area contributed by atoms with Gasteiger partial charge < -0.3 is 5.11 Å². The molecular weight excluding hydrogens is 200 g/mol. The van der Waals surface area contributed by atoms with Crippen molar-refractivity contribution >= 4 is 5.97 Å².